The highest BCUT2D eigenvalue weighted by molar-refractivity contribution is 5.88. The molecule has 0 aromatic heterocycles. The van der Waals surface area contributed by atoms with Gasteiger partial charge in [0.25, 0.3) is 0 Å². The van der Waals surface area contributed by atoms with Gasteiger partial charge in [0.1, 0.15) is 0 Å². The molecule has 1 amide bonds. The topological polar surface area (TPSA) is 75.6 Å². The van der Waals surface area contributed by atoms with E-state index in [0.717, 1.165) is 0 Å². The molecule has 1 saturated carbocycles. The van der Waals surface area contributed by atoms with Crippen LogP contribution < -0.4 is 5.48 Å². The first kappa shape index (κ1) is 11.8. The Bertz CT molecular complexity index is 278. The molecule has 1 fully saturated rings. The fourth-order valence-corrected chi connectivity index (χ4v) is 1.02. The molecule has 1 rings (SSSR count). The summed E-state index contributed by atoms with van der Waals surface area (Å²) in [5, 5.41) is 8.43. The van der Waals surface area contributed by atoms with Crippen molar-refractivity contribution in [1.82, 2.24) is 5.48 Å². The normalized spacial score (nSPS) is 24.7. The number of halogens is 3. The van der Waals surface area contributed by atoms with Gasteiger partial charge in [0.15, 0.2) is 6.61 Å². The van der Waals surface area contributed by atoms with Gasteiger partial charge in [-0.05, 0) is 6.42 Å². The number of carboxylic acids is 1. The van der Waals surface area contributed by atoms with Gasteiger partial charge in [-0.15, -0.1) is 0 Å². The van der Waals surface area contributed by atoms with E-state index in [2.05, 4.69) is 4.84 Å². The molecule has 0 aromatic rings. The van der Waals surface area contributed by atoms with Crippen molar-refractivity contribution >= 4 is 11.9 Å². The summed E-state index contributed by atoms with van der Waals surface area (Å²) >= 11 is 0. The van der Waals surface area contributed by atoms with Crippen molar-refractivity contribution in [2.45, 2.75) is 12.6 Å². The number of carbonyl (C=O) groups is 2. The Kier molecular flexibility index (Phi) is 3.18. The van der Waals surface area contributed by atoms with E-state index in [-0.39, 0.29) is 6.42 Å². The van der Waals surface area contributed by atoms with Gasteiger partial charge in [0.2, 0.25) is 5.91 Å². The lowest BCUT2D eigenvalue weighted by Crippen LogP contribution is -2.31. The van der Waals surface area contributed by atoms with Crippen LogP contribution in [0.3, 0.4) is 0 Å². The summed E-state index contributed by atoms with van der Waals surface area (Å²) < 4.78 is 34.7. The first-order chi connectivity index (χ1) is 6.81. The maximum absolute atomic E-state index is 11.6. The summed E-state index contributed by atoms with van der Waals surface area (Å²) in [7, 11) is 0. The van der Waals surface area contributed by atoms with E-state index < -0.39 is 36.5 Å². The zero-order valence-electron chi connectivity index (χ0n) is 7.37. The van der Waals surface area contributed by atoms with Crippen molar-refractivity contribution in [3.63, 3.8) is 0 Å². The first-order valence-electron chi connectivity index (χ1n) is 4.02. The van der Waals surface area contributed by atoms with Gasteiger partial charge in [0, 0.05) is 0 Å². The van der Waals surface area contributed by atoms with E-state index in [0.29, 0.717) is 0 Å². The molecule has 8 heteroatoms. The molecule has 0 aliphatic heterocycles. The van der Waals surface area contributed by atoms with Crippen LogP contribution >= 0.6 is 0 Å². The molecule has 1 aliphatic carbocycles. The van der Waals surface area contributed by atoms with E-state index in [1.54, 1.807) is 5.48 Å². The van der Waals surface area contributed by atoms with Crippen LogP contribution in [0.4, 0.5) is 13.2 Å². The number of amides is 1. The third-order valence-electron chi connectivity index (χ3n) is 1.85. The van der Waals surface area contributed by atoms with Crippen LogP contribution in [0.2, 0.25) is 0 Å². The van der Waals surface area contributed by atoms with E-state index in [9.17, 15) is 22.8 Å². The molecule has 0 heterocycles. The number of alkyl halides is 3. The maximum Gasteiger partial charge on any atom is 0.414 e. The molecule has 1 aliphatic rings. The smallest absolute Gasteiger partial charge is 0.414 e. The molecule has 5 nitrogen and oxygen atoms in total. The predicted molar refractivity (Wildman–Crippen MR) is 39.4 cm³/mol. The van der Waals surface area contributed by atoms with Crippen LogP contribution in [0.5, 0.6) is 0 Å². The largest absolute Gasteiger partial charge is 0.481 e. The monoisotopic (exact) mass is 227 g/mol. The highest BCUT2D eigenvalue weighted by Gasteiger charge is 2.48. The highest BCUT2D eigenvalue weighted by atomic mass is 19.4. The Balaban J connectivity index is 2.19. The molecule has 0 spiro atoms. The summed E-state index contributed by atoms with van der Waals surface area (Å²) in [5.74, 6) is -3.55. The van der Waals surface area contributed by atoms with Gasteiger partial charge in [0.05, 0.1) is 11.8 Å². The summed E-state index contributed by atoms with van der Waals surface area (Å²) in [6.45, 7) is -1.59. The van der Waals surface area contributed by atoms with Crippen molar-refractivity contribution in [2.75, 3.05) is 6.61 Å². The van der Waals surface area contributed by atoms with Gasteiger partial charge in [-0.25, -0.2) is 5.48 Å². The standard InChI is InChI=1S/C7H8F3NO4/c8-7(9,10)2-15-11-5(12)3-1-4(3)6(13)14/h3-4H,1-2H2,(H,11,12)(H,13,14)/t3-,4+/m1/s1. The second-order valence-electron chi connectivity index (χ2n) is 3.16. The van der Waals surface area contributed by atoms with Crippen molar-refractivity contribution in [2.24, 2.45) is 11.8 Å². The van der Waals surface area contributed by atoms with Crippen LogP contribution in [0.15, 0.2) is 0 Å². The number of hydroxylamine groups is 1. The van der Waals surface area contributed by atoms with Crippen LogP contribution in [0, 0.1) is 11.8 Å². The summed E-state index contributed by atoms with van der Waals surface area (Å²) in [6, 6.07) is 0. The highest BCUT2D eigenvalue weighted by Crippen LogP contribution is 2.38. The summed E-state index contributed by atoms with van der Waals surface area (Å²) in [4.78, 5) is 25.1. The minimum atomic E-state index is -4.52. The Morgan fingerprint density at radius 1 is 1.40 bits per heavy atom. The van der Waals surface area contributed by atoms with Crippen molar-refractivity contribution < 1.29 is 32.7 Å². The lowest BCUT2D eigenvalue weighted by Gasteiger charge is -2.07. The van der Waals surface area contributed by atoms with Crippen molar-refractivity contribution in [1.29, 1.82) is 0 Å². The molecule has 0 radical (unpaired) electrons. The molecule has 0 saturated heterocycles. The molecular weight excluding hydrogens is 219 g/mol. The minimum Gasteiger partial charge on any atom is -0.481 e. The fourth-order valence-electron chi connectivity index (χ4n) is 1.02. The molecule has 0 unspecified atom stereocenters. The summed E-state index contributed by atoms with van der Waals surface area (Å²) in [6.07, 6.45) is -4.39. The van der Waals surface area contributed by atoms with Crippen LogP contribution in [-0.4, -0.2) is 29.8 Å². The zero-order chi connectivity index (χ0) is 11.6. The average molecular weight is 227 g/mol. The van der Waals surface area contributed by atoms with Crippen LogP contribution in [0.25, 0.3) is 0 Å². The third-order valence-corrected chi connectivity index (χ3v) is 1.85. The average Bonchev–Trinajstić information content (AvgIpc) is 2.79. The molecule has 2 atom stereocenters. The number of carboxylic acid groups (broad SMARTS) is 1. The number of rotatable bonds is 4. The van der Waals surface area contributed by atoms with Crippen molar-refractivity contribution in [3.05, 3.63) is 0 Å². The van der Waals surface area contributed by atoms with Gasteiger partial charge in [-0.3, -0.25) is 14.4 Å². The Hall–Kier alpha value is -1.31. The van der Waals surface area contributed by atoms with Gasteiger partial charge >= 0.3 is 12.1 Å². The number of carbonyl (C=O) groups excluding carboxylic acids is 1. The lowest BCUT2D eigenvalue weighted by atomic mass is 10.3. The van der Waals surface area contributed by atoms with E-state index in [4.69, 9.17) is 5.11 Å². The Labute approximate surface area is 82.2 Å². The van der Waals surface area contributed by atoms with Gasteiger partial charge < -0.3 is 5.11 Å². The van der Waals surface area contributed by atoms with E-state index in [1.807, 2.05) is 0 Å². The number of aliphatic carboxylic acids is 1. The SMILES string of the molecule is O=C(O)[C@H]1C[C@H]1C(=O)NOCC(F)(F)F. The van der Waals surface area contributed by atoms with Crippen LogP contribution in [-0.2, 0) is 14.4 Å². The quantitative estimate of drug-likeness (QED) is 0.678. The second kappa shape index (κ2) is 4.05. The van der Waals surface area contributed by atoms with Crippen LogP contribution in [0.1, 0.15) is 6.42 Å². The molecular formula is C7H8F3NO4. The molecule has 86 valence electrons. The number of hydrogen-bond donors (Lipinski definition) is 2. The van der Waals surface area contributed by atoms with E-state index >= 15 is 0 Å². The zero-order valence-corrected chi connectivity index (χ0v) is 7.37. The lowest BCUT2D eigenvalue weighted by molar-refractivity contribution is -0.192. The maximum atomic E-state index is 11.6. The fraction of sp³-hybridized carbons (Fsp3) is 0.714. The molecule has 0 aromatic carbocycles. The summed E-state index contributed by atoms with van der Waals surface area (Å²) in [5.41, 5.74) is 1.56. The second-order valence-corrected chi connectivity index (χ2v) is 3.16. The predicted octanol–water partition coefficient (Wildman–Crippen LogP) is 0.317. The van der Waals surface area contributed by atoms with Gasteiger partial charge in [-0.2, -0.15) is 13.2 Å². The molecule has 15 heavy (non-hydrogen) atoms. The Morgan fingerprint density at radius 2 is 2.00 bits per heavy atom. The van der Waals surface area contributed by atoms with E-state index in [1.165, 1.54) is 0 Å². The first-order valence-corrected chi connectivity index (χ1v) is 4.02. The number of nitrogens with one attached hydrogen (secondary N) is 1. The third kappa shape index (κ3) is 3.74. The Morgan fingerprint density at radius 3 is 2.40 bits per heavy atom. The molecule has 0 bridgehead atoms. The van der Waals surface area contributed by atoms with Crippen molar-refractivity contribution in [3.8, 4) is 0 Å². The minimum absolute atomic E-state index is 0.135. The number of hydrogen-bond acceptors (Lipinski definition) is 3. The van der Waals surface area contributed by atoms with Gasteiger partial charge in [-0.1, -0.05) is 0 Å². The molecule has 2 N–H and O–H groups in total.